The highest BCUT2D eigenvalue weighted by molar-refractivity contribution is 7.17. The van der Waals surface area contributed by atoms with Crippen LogP contribution in [0.5, 0.6) is 11.5 Å². The molecular weight excluding hydrogens is 500 g/mol. The molecule has 0 atom stereocenters. The standard InChI is InChI=1S/C27H28N2O5S.ClH/c1-32-21-11-9-18(15-22(21)33-2)10-12-24(30)28-26-25(27(31)34-3)20-13-14-29(17-23(20)35-26)16-19-7-5-4-6-8-19;/h4-12,15H,13-14,16-17H2,1-3H3,(H,28,30);1H/b12-10+;. The highest BCUT2D eigenvalue weighted by Gasteiger charge is 2.29. The predicted molar refractivity (Wildman–Crippen MR) is 144 cm³/mol. The molecule has 190 valence electrons. The van der Waals surface area contributed by atoms with Gasteiger partial charge in [0.15, 0.2) is 11.5 Å². The molecule has 1 aliphatic rings. The van der Waals surface area contributed by atoms with Crippen LogP contribution in [-0.2, 0) is 29.0 Å². The second-order valence-corrected chi connectivity index (χ2v) is 9.19. The average molecular weight is 529 g/mol. The first-order valence-corrected chi connectivity index (χ1v) is 12.0. The third-order valence-electron chi connectivity index (χ3n) is 5.85. The van der Waals surface area contributed by atoms with E-state index in [9.17, 15) is 9.59 Å². The first-order valence-electron chi connectivity index (χ1n) is 11.2. The lowest BCUT2D eigenvalue weighted by atomic mass is 10.0. The van der Waals surface area contributed by atoms with Gasteiger partial charge in [-0.3, -0.25) is 9.69 Å². The molecule has 0 spiro atoms. The lowest BCUT2D eigenvalue weighted by Gasteiger charge is -2.27. The van der Waals surface area contributed by atoms with Crippen molar-refractivity contribution in [1.29, 1.82) is 0 Å². The highest BCUT2D eigenvalue weighted by atomic mass is 35.5. The number of hydrogen-bond acceptors (Lipinski definition) is 7. The molecule has 0 aliphatic carbocycles. The number of nitrogens with one attached hydrogen (secondary N) is 1. The number of nitrogens with zero attached hydrogens (tertiary/aromatic N) is 1. The third-order valence-corrected chi connectivity index (χ3v) is 6.98. The molecule has 0 saturated carbocycles. The summed E-state index contributed by atoms with van der Waals surface area (Å²) in [6, 6.07) is 15.7. The molecule has 2 heterocycles. The van der Waals surface area contributed by atoms with Crippen molar-refractivity contribution in [2.24, 2.45) is 0 Å². The maximum absolute atomic E-state index is 12.7. The van der Waals surface area contributed by atoms with Gasteiger partial charge in [-0.05, 0) is 41.3 Å². The maximum atomic E-state index is 12.7. The van der Waals surface area contributed by atoms with E-state index in [1.807, 2.05) is 24.3 Å². The zero-order chi connectivity index (χ0) is 24.8. The number of anilines is 1. The van der Waals surface area contributed by atoms with Crippen LogP contribution < -0.4 is 14.8 Å². The van der Waals surface area contributed by atoms with E-state index in [0.717, 1.165) is 42.1 Å². The van der Waals surface area contributed by atoms with Gasteiger partial charge in [0.1, 0.15) is 5.00 Å². The molecule has 1 aliphatic heterocycles. The molecule has 3 aromatic rings. The van der Waals surface area contributed by atoms with Crippen molar-refractivity contribution in [2.45, 2.75) is 19.5 Å². The van der Waals surface area contributed by atoms with E-state index in [2.05, 4.69) is 22.3 Å². The zero-order valence-corrected chi connectivity index (χ0v) is 22.0. The molecule has 0 saturated heterocycles. The van der Waals surface area contributed by atoms with Gasteiger partial charge in [0.25, 0.3) is 0 Å². The highest BCUT2D eigenvalue weighted by Crippen LogP contribution is 2.38. The Morgan fingerprint density at radius 1 is 1.06 bits per heavy atom. The smallest absolute Gasteiger partial charge is 0.341 e. The van der Waals surface area contributed by atoms with E-state index in [4.69, 9.17) is 14.2 Å². The Kier molecular flexibility index (Phi) is 9.52. The minimum Gasteiger partial charge on any atom is -0.493 e. The first-order chi connectivity index (χ1) is 17.0. The summed E-state index contributed by atoms with van der Waals surface area (Å²) in [5, 5.41) is 3.41. The van der Waals surface area contributed by atoms with Crippen LogP contribution in [-0.4, -0.2) is 44.7 Å². The molecule has 36 heavy (non-hydrogen) atoms. The largest absolute Gasteiger partial charge is 0.493 e. The van der Waals surface area contributed by atoms with E-state index in [-0.39, 0.29) is 18.3 Å². The van der Waals surface area contributed by atoms with E-state index >= 15 is 0 Å². The Morgan fingerprint density at radius 3 is 2.50 bits per heavy atom. The summed E-state index contributed by atoms with van der Waals surface area (Å²) in [6.07, 6.45) is 3.84. The number of benzene rings is 2. The molecule has 2 aromatic carbocycles. The maximum Gasteiger partial charge on any atom is 0.341 e. The molecule has 1 amide bonds. The van der Waals surface area contributed by atoms with Gasteiger partial charge in [0.2, 0.25) is 5.91 Å². The van der Waals surface area contributed by atoms with Crippen molar-refractivity contribution in [3.05, 3.63) is 81.7 Å². The molecule has 0 unspecified atom stereocenters. The number of rotatable bonds is 8. The van der Waals surface area contributed by atoms with Crippen LogP contribution in [0.2, 0.25) is 0 Å². The molecule has 0 bridgehead atoms. The minimum absolute atomic E-state index is 0. The number of carbonyl (C=O) groups excluding carboxylic acids is 2. The fraction of sp³-hybridized carbons (Fsp3) is 0.259. The number of thiophene rings is 1. The van der Waals surface area contributed by atoms with E-state index in [1.165, 1.54) is 30.1 Å². The number of methoxy groups -OCH3 is 3. The number of amides is 1. The van der Waals surface area contributed by atoms with Crippen LogP contribution in [0.15, 0.2) is 54.6 Å². The fourth-order valence-electron chi connectivity index (χ4n) is 4.12. The summed E-state index contributed by atoms with van der Waals surface area (Å²) in [7, 11) is 4.49. The number of fused-ring (bicyclic) bond motifs is 1. The van der Waals surface area contributed by atoms with Crippen molar-refractivity contribution >= 4 is 46.7 Å². The van der Waals surface area contributed by atoms with E-state index in [0.29, 0.717) is 22.1 Å². The molecule has 1 aromatic heterocycles. The molecular formula is C27H29ClN2O5S. The third kappa shape index (κ3) is 6.26. The summed E-state index contributed by atoms with van der Waals surface area (Å²) < 4.78 is 15.6. The van der Waals surface area contributed by atoms with Crippen LogP contribution in [0.4, 0.5) is 5.00 Å². The monoisotopic (exact) mass is 528 g/mol. The van der Waals surface area contributed by atoms with Gasteiger partial charge in [-0.25, -0.2) is 4.79 Å². The molecule has 1 N–H and O–H groups in total. The van der Waals surface area contributed by atoms with Crippen molar-refractivity contribution in [2.75, 3.05) is 33.2 Å². The molecule has 9 heteroatoms. The number of carbonyl (C=O) groups is 2. The van der Waals surface area contributed by atoms with Crippen LogP contribution in [0.3, 0.4) is 0 Å². The fourth-order valence-corrected chi connectivity index (χ4v) is 5.40. The summed E-state index contributed by atoms with van der Waals surface area (Å²) in [5.41, 5.74) is 3.45. The normalized spacial score (nSPS) is 13.0. The van der Waals surface area contributed by atoms with Crippen LogP contribution in [0.25, 0.3) is 6.08 Å². The van der Waals surface area contributed by atoms with Crippen molar-refractivity contribution < 1.29 is 23.8 Å². The zero-order valence-electron chi connectivity index (χ0n) is 20.4. The average Bonchev–Trinajstić information content (AvgIpc) is 3.24. The summed E-state index contributed by atoms with van der Waals surface area (Å²) in [4.78, 5) is 28.8. The van der Waals surface area contributed by atoms with Gasteiger partial charge in [-0.15, -0.1) is 23.7 Å². The van der Waals surface area contributed by atoms with Gasteiger partial charge in [0, 0.05) is 30.6 Å². The first kappa shape index (κ1) is 27.3. The van der Waals surface area contributed by atoms with Gasteiger partial charge in [-0.1, -0.05) is 36.4 Å². The van der Waals surface area contributed by atoms with Crippen molar-refractivity contribution in [1.82, 2.24) is 4.90 Å². The Hall–Kier alpha value is -3.33. The Morgan fingerprint density at radius 2 is 1.81 bits per heavy atom. The minimum atomic E-state index is -0.432. The molecule has 4 rings (SSSR count). The number of hydrogen-bond donors (Lipinski definition) is 1. The summed E-state index contributed by atoms with van der Waals surface area (Å²) in [6.45, 7) is 2.38. The topological polar surface area (TPSA) is 77.1 Å². The quantitative estimate of drug-likeness (QED) is 0.320. The van der Waals surface area contributed by atoms with Crippen LogP contribution in [0.1, 0.15) is 31.9 Å². The van der Waals surface area contributed by atoms with Gasteiger partial charge in [-0.2, -0.15) is 0 Å². The Balaban J connectivity index is 0.00000361. The second-order valence-electron chi connectivity index (χ2n) is 8.08. The van der Waals surface area contributed by atoms with Crippen molar-refractivity contribution in [3.8, 4) is 11.5 Å². The van der Waals surface area contributed by atoms with Crippen molar-refractivity contribution in [3.63, 3.8) is 0 Å². The SMILES string of the molecule is COC(=O)c1c(NC(=O)/C=C/c2ccc(OC)c(OC)c2)sc2c1CCN(Cc1ccccc1)C2.Cl. The number of esters is 1. The molecule has 0 radical (unpaired) electrons. The summed E-state index contributed by atoms with van der Waals surface area (Å²) >= 11 is 1.44. The van der Waals surface area contributed by atoms with Gasteiger partial charge >= 0.3 is 5.97 Å². The number of halogens is 1. The lowest BCUT2D eigenvalue weighted by molar-refractivity contribution is -0.111. The van der Waals surface area contributed by atoms with E-state index < -0.39 is 5.97 Å². The van der Waals surface area contributed by atoms with Gasteiger partial charge < -0.3 is 19.5 Å². The molecule has 7 nitrogen and oxygen atoms in total. The van der Waals surface area contributed by atoms with Crippen LogP contribution >= 0.6 is 23.7 Å². The van der Waals surface area contributed by atoms with Crippen LogP contribution in [0, 0.1) is 0 Å². The van der Waals surface area contributed by atoms with Gasteiger partial charge in [0.05, 0.1) is 26.9 Å². The number of ether oxygens (including phenoxy) is 3. The summed E-state index contributed by atoms with van der Waals surface area (Å²) in [5.74, 6) is 0.430. The lowest BCUT2D eigenvalue weighted by Crippen LogP contribution is -2.29. The Labute approximate surface area is 221 Å². The predicted octanol–water partition coefficient (Wildman–Crippen LogP) is 5.18. The second kappa shape index (κ2) is 12.6. The Bertz CT molecular complexity index is 1240. The van der Waals surface area contributed by atoms with E-state index in [1.54, 1.807) is 32.4 Å². The molecule has 0 fully saturated rings.